The molecule has 0 saturated carbocycles. The van der Waals surface area contributed by atoms with Crippen molar-refractivity contribution in [3.63, 3.8) is 0 Å². The van der Waals surface area contributed by atoms with Crippen molar-refractivity contribution in [2.24, 2.45) is 4.99 Å². The van der Waals surface area contributed by atoms with E-state index in [-0.39, 0.29) is 5.02 Å². The van der Waals surface area contributed by atoms with Crippen LogP contribution in [0.3, 0.4) is 0 Å². The summed E-state index contributed by atoms with van der Waals surface area (Å²) in [6.45, 7) is 6.11. The molecule has 0 N–H and O–H groups in total. The van der Waals surface area contributed by atoms with E-state index < -0.39 is 5.91 Å². The maximum absolute atomic E-state index is 12.8. The Balaban J connectivity index is 2.12. The zero-order valence-corrected chi connectivity index (χ0v) is 17.9. The Hall–Kier alpha value is -1.86. The third-order valence-corrected chi connectivity index (χ3v) is 5.58. The van der Waals surface area contributed by atoms with Gasteiger partial charge in [0.05, 0.1) is 28.5 Å². The van der Waals surface area contributed by atoms with Gasteiger partial charge in [0.1, 0.15) is 11.3 Å². The van der Waals surface area contributed by atoms with E-state index in [1.807, 2.05) is 36.6 Å². The van der Waals surface area contributed by atoms with Gasteiger partial charge in [0.15, 0.2) is 4.80 Å². The van der Waals surface area contributed by atoms with E-state index in [0.717, 1.165) is 16.0 Å². The summed E-state index contributed by atoms with van der Waals surface area (Å²) >= 11 is 13.5. The van der Waals surface area contributed by atoms with Crippen LogP contribution in [0.15, 0.2) is 41.4 Å². The lowest BCUT2D eigenvalue weighted by Gasteiger charge is -2.10. The van der Waals surface area contributed by atoms with Crippen LogP contribution in [0.1, 0.15) is 24.2 Å². The van der Waals surface area contributed by atoms with Crippen LogP contribution in [-0.2, 0) is 11.3 Å². The fraction of sp³-hybridized carbons (Fsp3) is 0.300. The molecule has 2 aromatic carbocycles. The first-order valence-electron chi connectivity index (χ1n) is 8.92. The molecule has 3 rings (SSSR count). The molecule has 0 radical (unpaired) electrons. The van der Waals surface area contributed by atoms with Crippen LogP contribution < -0.4 is 9.54 Å². The Bertz CT molecular complexity index is 1060. The summed E-state index contributed by atoms with van der Waals surface area (Å²) in [5.74, 6) is 0.336. The van der Waals surface area contributed by atoms with Crippen molar-refractivity contribution in [3.8, 4) is 5.75 Å². The number of carbonyl (C=O) groups excluding carboxylic acids is 1. The van der Waals surface area contributed by atoms with Crippen molar-refractivity contribution < 1.29 is 14.3 Å². The molecule has 0 aliphatic heterocycles. The van der Waals surface area contributed by atoms with E-state index in [1.165, 1.54) is 17.4 Å². The van der Waals surface area contributed by atoms with E-state index in [1.54, 1.807) is 12.1 Å². The number of ether oxygens (including phenoxy) is 2. The molecule has 5 nitrogen and oxygen atoms in total. The highest BCUT2D eigenvalue weighted by Gasteiger charge is 2.15. The minimum atomic E-state index is -0.420. The van der Waals surface area contributed by atoms with Crippen molar-refractivity contribution in [1.29, 1.82) is 0 Å². The Morgan fingerprint density at radius 3 is 2.71 bits per heavy atom. The van der Waals surface area contributed by atoms with Gasteiger partial charge in [0.25, 0.3) is 5.91 Å². The van der Waals surface area contributed by atoms with Crippen LogP contribution in [-0.4, -0.2) is 30.3 Å². The summed E-state index contributed by atoms with van der Waals surface area (Å²) in [6.07, 6.45) is 0. The predicted octanol–water partition coefficient (Wildman–Crippen LogP) is 5.19. The summed E-state index contributed by atoms with van der Waals surface area (Å²) in [6, 6.07) is 10.6. The van der Waals surface area contributed by atoms with Crippen LogP contribution >= 0.6 is 34.5 Å². The van der Waals surface area contributed by atoms with Crippen molar-refractivity contribution in [1.82, 2.24) is 4.57 Å². The second-order valence-electron chi connectivity index (χ2n) is 5.81. The molecule has 0 saturated heterocycles. The minimum Gasteiger partial charge on any atom is -0.492 e. The van der Waals surface area contributed by atoms with Crippen molar-refractivity contribution in [2.75, 3.05) is 19.8 Å². The van der Waals surface area contributed by atoms with Gasteiger partial charge in [-0.15, -0.1) is 0 Å². The number of aromatic nitrogens is 1. The number of benzene rings is 2. The fourth-order valence-electron chi connectivity index (χ4n) is 2.77. The molecule has 148 valence electrons. The monoisotopic (exact) mass is 438 g/mol. The van der Waals surface area contributed by atoms with Gasteiger partial charge in [-0.05, 0) is 44.2 Å². The number of rotatable bonds is 7. The fourth-order valence-corrected chi connectivity index (χ4v) is 4.33. The first kappa shape index (κ1) is 20.9. The molecular weight excluding hydrogens is 419 g/mol. The number of hydrogen-bond acceptors (Lipinski definition) is 4. The topological polar surface area (TPSA) is 52.8 Å². The second-order valence-corrected chi connectivity index (χ2v) is 7.66. The third-order valence-electron chi connectivity index (χ3n) is 3.99. The van der Waals surface area contributed by atoms with Crippen molar-refractivity contribution in [2.45, 2.75) is 20.4 Å². The summed E-state index contributed by atoms with van der Waals surface area (Å²) in [4.78, 5) is 17.7. The van der Waals surface area contributed by atoms with Crippen molar-refractivity contribution >= 4 is 50.7 Å². The first-order valence-corrected chi connectivity index (χ1v) is 10.5. The van der Waals surface area contributed by atoms with Crippen LogP contribution in [0.2, 0.25) is 10.0 Å². The molecule has 0 aliphatic rings. The zero-order chi connectivity index (χ0) is 20.1. The average Bonchev–Trinajstić information content (AvgIpc) is 3.00. The minimum absolute atomic E-state index is 0.276. The molecule has 0 atom stereocenters. The maximum Gasteiger partial charge on any atom is 0.281 e. The molecule has 0 bridgehead atoms. The van der Waals surface area contributed by atoms with Crippen LogP contribution in [0, 0.1) is 0 Å². The molecular formula is C20H20Cl2N2O3S. The summed E-state index contributed by atoms with van der Waals surface area (Å²) in [5.41, 5.74) is 1.22. The molecule has 1 amide bonds. The first-order chi connectivity index (χ1) is 13.5. The van der Waals surface area contributed by atoms with Gasteiger partial charge in [-0.2, -0.15) is 4.99 Å². The zero-order valence-electron chi connectivity index (χ0n) is 15.6. The Kier molecular flexibility index (Phi) is 7.13. The molecule has 1 aromatic heterocycles. The number of para-hydroxylation sites is 1. The van der Waals surface area contributed by atoms with Gasteiger partial charge >= 0.3 is 0 Å². The molecule has 3 aromatic rings. The van der Waals surface area contributed by atoms with E-state index in [0.29, 0.717) is 41.8 Å². The Morgan fingerprint density at radius 1 is 1.18 bits per heavy atom. The van der Waals surface area contributed by atoms with Gasteiger partial charge in [-0.25, -0.2) is 0 Å². The lowest BCUT2D eigenvalue weighted by Crippen LogP contribution is -2.20. The number of amides is 1. The summed E-state index contributed by atoms with van der Waals surface area (Å²) in [7, 11) is 0. The average molecular weight is 439 g/mol. The van der Waals surface area contributed by atoms with Gasteiger partial charge in [0, 0.05) is 18.2 Å². The lowest BCUT2D eigenvalue weighted by atomic mass is 10.2. The SMILES string of the molecule is CCOCCn1c(=NC(=O)c2ccc(Cl)cc2Cl)sc2cccc(OCC)c21. The molecule has 28 heavy (non-hydrogen) atoms. The maximum atomic E-state index is 12.8. The quantitative estimate of drug-likeness (QED) is 0.477. The summed E-state index contributed by atoms with van der Waals surface area (Å²) < 4.78 is 14.2. The van der Waals surface area contributed by atoms with Gasteiger partial charge in [0.2, 0.25) is 0 Å². The van der Waals surface area contributed by atoms with Crippen LogP contribution in [0.4, 0.5) is 0 Å². The molecule has 0 fully saturated rings. The number of halogens is 2. The highest BCUT2D eigenvalue weighted by molar-refractivity contribution is 7.16. The van der Waals surface area contributed by atoms with E-state index in [2.05, 4.69) is 4.99 Å². The highest BCUT2D eigenvalue weighted by atomic mass is 35.5. The molecule has 0 spiro atoms. The molecule has 0 unspecified atom stereocenters. The molecule has 1 heterocycles. The third kappa shape index (κ3) is 4.58. The van der Waals surface area contributed by atoms with E-state index >= 15 is 0 Å². The number of fused-ring (bicyclic) bond motifs is 1. The van der Waals surface area contributed by atoms with E-state index in [4.69, 9.17) is 32.7 Å². The largest absolute Gasteiger partial charge is 0.492 e. The smallest absolute Gasteiger partial charge is 0.281 e. The Labute approximate surface area is 177 Å². The van der Waals surface area contributed by atoms with Gasteiger partial charge in [-0.1, -0.05) is 40.6 Å². The second kappa shape index (κ2) is 9.56. The van der Waals surface area contributed by atoms with Crippen LogP contribution in [0.5, 0.6) is 5.75 Å². The number of hydrogen-bond donors (Lipinski definition) is 0. The van der Waals surface area contributed by atoms with E-state index in [9.17, 15) is 4.79 Å². The molecule has 8 heteroatoms. The van der Waals surface area contributed by atoms with Gasteiger partial charge in [-0.3, -0.25) is 4.79 Å². The highest BCUT2D eigenvalue weighted by Crippen LogP contribution is 2.28. The van der Waals surface area contributed by atoms with Crippen molar-refractivity contribution in [3.05, 3.63) is 56.8 Å². The van der Waals surface area contributed by atoms with Gasteiger partial charge < -0.3 is 14.0 Å². The number of thiazole rings is 1. The lowest BCUT2D eigenvalue weighted by molar-refractivity contribution is 0.0996. The van der Waals surface area contributed by atoms with Crippen LogP contribution in [0.25, 0.3) is 10.2 Å². The predicted molar refractivity (Wildman–Crippen MR) is 114 cm³/mol. The standard InChI is InChI=1S/C20H20Cl2N2O3S/c1-3-26-11-10-24-18-16(27-4-2)6-5-7-17(18)28-20(24)23-19(25)14-9-8-13(21)12-15(14)22/h5-9,12H,3-4,10-11H2,1-2H3. The normalized spacial score (nSPS) is 11.9. The Morgan fingerprint density at radius 2 is 2.00 bits per heavy atom. The number of nitrogens with zero attached hydrogens (tertiary/aromatic N) is 2. The molecule has 0 aliphatic carbocycles. The number of carbonyl (C=O) groups is 1. The summed E-state index contributed by atoms with van der Waals surface area (Å²) in [5, 5.41) is 0.745.